The Kier molecular flexibility index (Phi) is 4.15. The number of aromatic amines is 1. The molecule has 0 spiro atoms. The number of hydrogen-bond donors (Lipinski definition) is 1. The molecule has 98 valence electrons. The Hall–Kier alpha value is -1.19. The van der Waals surface area contributed by atoms with Crippen LogP contribution in [0.15, 0.2) is 18.3 Å². The average Bonchev–Trinajstić information content (AvgIpc) is 2.71. The molecule has 0 fully saturated rings. The summed E-state index contributed by atoms with van der Waals surface area (Å²) < 4.78 is 5.66. The first-order valence-electron chi connectivity index (χ1n) is 6.19. The lowest BCUT2D eigenvalue weighted by Gasteiger charge is -2.11. The molecule has 0 aliphatic heterocycles. The summed E-state index contributed by atoms with van der Waals surface area (Å²) in [7, 11) is 4.09. The van der Waals surface area contributed by atoms with E-state index < -0.39 is 0 Å². The SMILES string of the molecule is CCCOc1ccc2[nH]cc(CN(C)C)c2c1Cl. The number of hydrogen-bond acceptors (Lipinski definition) is 2. The van der Waals surface area contributed by atoms with Gasteiger partial charge in [0.05, 0.1) is 11.6 Å². The molecule has 3 nitrogen and oxygen atoms in total. The Bertz CT molecular complexity index is 534. The molecule has 0 amide bonds. The molecule has 0 saturated heterocycles. The zero-order chi connectivity index (χ0) is 13.1. The second-order valence-corrected chi connectivity index (χ2v) is 5.08. The van der Waals surface area contributed by atoms with E-state index in [1.165, 1.54) is 5.56 Å². The van der Waals surface area contributed by atoms with Gasteiger partial charge in [0.15, 0.2) is 0 Å². The highest BCUT2D eigenvalue weighted by molar-refractivity contribution is 6.37. The summed E-state index contributed by atoms with van der Waals surface area (Å²) in [5.41, 5.74) is 2.25. The van der Waals surface area contributed by atoms with E-state index in [4.69, 9.17) is 16.3 Å². The summed E-state index contributed by atoms with van der Waals surface area (Å²) in [6, 6.07) is 3.95. The van der Waals surface area contributed by atoms with E-state index in [1.807, 2.05) is 32.4 Å². The molecule has 0 aliphatic rings. The third kappa shape index (κ3) is 2.62. The van der Waals surface area contributed by atoms with Gasteiger partial charge >= 0.3 is 0 Å². The topological polar surface area (TPSA) is 28.3 Å². The van der Waals surface area contributed by atoms with Gasteiger partial charge in [-0.3, -0.25) is 0 Å². The van der Waals surface area contributed by atoms with E-state index in [0.717, 1.165) is 29.6 Å². The van der Waals surface area contributed by atoms with Crippen molar-refractivity contribution in [3.05, 3.63) is 28.9 Å². The van der Waals surface area contributed by atoms with Gasteiger partial charge in [-0.1, -0.05) is 18.5 Å². The minimum Gasteiger partial charge on any atom is -0.492 e. The molecule has 1 N–H and O–H groups in total. The Morgan fingerprint density at radius 2 is 2.11 bits per heavy atom. The van der Waals surface area contributed by atoms with Crippen LogP contribution in [0.2, 0.25) is 5.02 Å². The van der Waals surface area contributed by atoms with Crippen molar-refractivity contribution in [3.8, 4) is 5.75 Å². The predicted octanol–water partition coefficient (Wildman–Crippen LogP) is 3.67. The normalized spacial score (nSPS) is 11.4. The molecular weight excluding hydrogens is 248 g/mol. The summed E-state index contributed by atoms with van der Waals surface area (Å²) in [6.07, 6.45) is 2.99. The van der Waals surface area contributed by atoms with E-state index in [1.54, 1.807) is 0 Å². The van der Waals surface area contributed by atoms with Gasteiger partial charge in [0.25, 0.3) is 0 Å². The summed E-state index contributed by atoms with van der Waals surface area (Å²) >= 11 is 6.44. The first-order valence-corrected chi connectivity index (χ1v) is 6.57. The minimum atomic E-state index is 0.693. The number of halogens is 1. The van der Waals surface area contributed by atoms with E-state index in [2.05, 4.69) is 16.8 Å². The van der Waals surface area contributed by atoms with Gasteiger partial charge in [-0.25, -0.2) is 0 Å². The lowest BCUT2D eigenvalue weighted by atomic mass is 10.1. The van der Waals surface area contributed by atoms with Gasteiger partial charge in [-0.05, 0) is 38.2 Å². The summed E-state index contributed by atoms with van der Waals surface area (Å²) in [5, 5.41) is 1.78. The number of ether oxygens (including phenoxy) is 1. The zero-order valence-corrected chi connectivity index (χ0v) is 11.8. The molecule has 1 aromatic carbocycles. The average molecular weight is 267 g/mol. The van der Waals surface area contributed by atoms with Crippen LogP contribution in [0.1, 0.15) is 18.9 Å². The van der Waals surface area contributed by atoms with Gasteiger partial charge in [0.1, 0.15) is 5.75 Å². The maximum Gasteiger partial charge on any atom is 0.138 e. The monoisotopic (exact) mass is 266 g/mol. The predicted molar refractivity (Wildman–Crippen MR) is 76.5 cm³/mol. The Morgan fingerprint density at radius 3 is 2.78 bits per heavy atom. The molecule has 2 aromatic rings. The molecule has 4 heteroatoms. The van der Waals surface area contributed by atoms with Crippen molar-refractivity contribution in [2.75, 3.05) is 20.7 Å². The molecule has 0 radical (unpaired) electrons. The van der Waals surface area contributed by atoms with Crippen LogP contribution in [0.25, 0.3) is 10.9 Å². The summed E-state index contributed by atoms with van der Waals surface area (Å²) in [6.45, 7) is 3.63. The highest BCUT2D eigenvalue weighted by atomic mass is 35.5. The maximum absolute atomic E-state index is 6.44. The number of nitrogens with zero attached hydrogens (tertiary/aromatic N) is 1. The number of H-pyrrole nitrogens is 1. The smallest absolute Gasteiger partial charge is 0.138 e. The molecular formula is C14H19ClN2O. The fraction of sp³-hybridized carbons (Fsp3) is 0.429. The van der Waals surface area contributed by atoms with Gasteiger partial charge in [-0.15, -0.1) is 0 Å². The number of fused-ring (bicyclic) bond motifs is 1. The molecule has 0 saturated carbocycles. The summed E-state index contributed by atoms with van der Waals surface area (Å²) in [5.74, 6) is 0.769. The van der Waals surface area contributed by atoms with Crippen molar-refractivity contribution < 1.29 is 4.74 Å². The van der Waals surface area contributed by atoms with Crippen LogP contribution in [0.5, 0.6) is 5.75 Å². The van der Waals surface area contributed by atoms with Gasteiger partial charge in [-0.2, -0.15) is 0 Å². The van der Waals surface area contributed by atoms with Gasteiger partial charge < -0.3 is 14.6 Å². The van der Waals surface area contributed by atoms with Crippen molar-refractivity contribution in [3.63, 3.8) is 0 Å². The third-order valence-corrected chi connectivity index (χ3v) is 3.15. The number of aromatic nitrogens is 1. The zero-order valence-electron chi connectivity index (χ0n) is 11.1. The second kappa shape index (κ2) is 5.63. The van der Waals surface area contributed by atoms with Crippen molar-refractivity contribution >= 4 is 22.5 Å². The second-order valence-electron chi connectivity index (χ2n) is 4.70. The molecule has 1 aromatic heterocycles. The van der Waals surface area contributed by atoms with Crippen molar-refractivity contribution in [2.24, 2.45) is 0 Å². The van der Waals surface area contributed by atoms with E-state index in [0.29, 0.717) is 11.6 Å². The highest BCUT2D eigenvalue weighted by Crippen LogP contribution is 2.35. The van der Waals surface area contributed by atoms with Crippen molar-refractivity contribution in [1.82, 2.24) is 9.88 Å². The molecule has 2 rings (SSSR count). The standard InChI is InChI=1S/C14H19ClN2O/c1-4-7-18-12-6-5-11-13(14(12)15)10(8-16-11)9-17(2)3/h5-6,8,16H,4,7,9H2,1-3H3. The van der Waals surface area contributed by atoms with Crippen LogP contribution in [0.4, 0.5) is 0 Å². The fourth-order valence-corrected chi connectivity index (χ4v) is 2.36. The van der Waals surface area contributed by atoms with Crippen molar-refractivity contribution in [1.29, 1.82) is 0 Å². The fourth-order valence-electron chi connectivity index (χ4n) is 2.02. The van der Waals surface area contributed by atoms with Crippen LogP contribution < -0.4 is 4.74 Å². The number of rotatable bonds is 5. The Labute approximate surface area is 113 Å². The molecule has 0 aliphatic carbocycles. The van der Waals surface area contributed by atoms with Crippen LogP contribution in [0, 0.1) is 0 Å². The van der Waals surface area contributed by atoms with Crippen molar-refractivity contribution in [2.45, 2.75) is 19.9 Å². The minimum absolute atomic E-state index is 0.693. The maximum atomic E-state index is 6.44. The number of nitrogens with one attached hydrogen (secondary N) is 1. The lowest BCUT2D eigenvalue weighted by Crippen LogP contribution is -2.10. The van der Waals surface area contributed by atoms with E-state index in [-0.39, 0.29) is 0 Å². The van der Waals surface area contributed by atoms with Gasteiger partial charge in [0, 0.05) is 23.6 Å². The molecule has 0 atom stereocenters. The van der Waals surface area contributed by atoms with Crippen LogP contribution >= 0.6 is 11.6 Å². The van der Waals surface area contributed by atoms with E-state index >= 15 is 0 Å². The van der Waals surface area contributed by atoms with Crippen LogP contribution in [-0.4, -0.2) is 30.6 Å². The molecule has 0 bridgehead atoms. The highest BCUT2D eigenvalue weighted by Gasteiger charge is 2.12. The third-order valence-electron chi connectivity index (χ3n) is 2.78. The summed E-state index contributed by atoms with van der Waals surface area (Å²) in [4.78, 5) is 5.37. The van der Waals surface area contributed by atoms with Gasteiger partial charge in [0.2, 0.25) is 0 Å². The lowest BCUT2D eigenvalue weighted by molar-refractivity contribution is 0.318. The Balaban J connectivity index is 2.43. The largest absolute Gasteiger partial charge is 0.492 e. The quantitative estimate of drug-likeness (QED) is 0.894. The number of benzene rings is 1. The molecule has 18 heavy (non-hydrogen) atoms. The molecule has 0 unspecified atom stereocenters. The Morgan fingerprint density at radius 1 is 1.33 bits per heavy atom. The van der Waals surface area contributed by atoms with Crippen LogP contribution in [-0.2, 0) is 6.54 Å². The first-order chi connectivity index (χ1) is 8.63. The van der Waals surface area contributed by atoms with E-state index in [9.17, 15) is 0 Å². The first kappa shape index (κ1) is 13.2. The molecule has 1 heterocycles. The van der Waals surface area contributed by atoms with Crippen LogP contribution in [0.3, 0.4) is 0 Å².